The Labute approximate surface area is 244 Å². The van der Waals surface area contributed by atoms with E-state index in [0.29, 0.717) is 31.7 Å². The summed E-state index contributed by atoms with van der Waals surface area (Å²) in [6.07, 6.45) is -3.35. The molecule has 0 bridgehead atoms. The quantitative estimate of drug-likeness (QED) is 0.174. The third kappa shape index (κ3) is 6.58. The fraction of sp³-hybridized carbons (Fsp3) is 0.143. The van der Waals surface area contributed by atoms with Crippen molar-refractivity contribution in [3.05, 3.63) is 111 Å². The van der Waals surface area contributed by atoms with E-state index in [-0.39, 0.29) is 10.6 Å². The first-order valence-electron chi connectivity index (χ1n) is 12.0. The molecule has 1 amide bonds. The van der Waals surface area contributed by atoms with Gasteiger partial charge in [-0.25, -0.2) is 13.8 Å². The monoisotopic (exact) mass is 622 g/mol. The summed E-state index contributed by atoms with van der Waals surface area (Å²) < 4.78 is 69.4. The van der Waals surface area contributed by atoms with Crippen LogP contribution in [-0.2, 0) is 21.0 Å². The number of sulfonamides is 1. The molecule has 41 heavy (non-hydrogen) atoms. The molecule has 0 aliphatic carbocycles. The second-order valence-corrected chi connectivity index (χ2v) is 11.5. The van der Waals surface area contributed by atoms with E-state index < -0.39 is 34.2 Å². The molecule has 13 heteroatoms. The van der Waals surface area contributed by atoms with Crippen molar-refractivity contribution >= 4 is 51.0 Å². The minimum Gasteiger partial charge on any atom is -0.316 e. The van der Waals surface area contributed by atoms with Gasteiger partial charge in [0.2, 0.25) is 0 Å². The second-order valence-electron chi connectivity index (χ2n) is 8.90. The number of hydrogen-bond donors (Lipinski definition) is 1. The second kappa shape index (κ2) is 12.0. The van der Waals surface area contributed by atoms with Crippen molar-refractivity contribution in [1.29, 1.82) is 0 Å². The molecule has 0 saturated heterocycles. The molecule has 3 aromatic carbocycles. The zero-order valence-corrected chi connectivity index (χ0v) is 24.0. The topological polar surface area (TPSA) is 83.8 Å². The molecule has 4 rings (SSSR count). The Kier molecular flexibility index (Phi) is 8.81. The molecule has 214 valence electrons. The summed E-state index contributed by atoms with van der Waals surface area (Å²) >= 11 is 12.5. The molecule has 0 fully saturated rings. The molecule has 0 aliphatic rings. The Bertz CT molecular complexity index is 1720. The molecular formula is C28H23Cl2F3N4O3S. The van der Waals surface area contributed by atoms with Gasteiger partial charge in [0.1, 0.15) is 6.54 Å². The maximum atomic E-state index is 13.4. The largest absolute Gasteiger partial charge is 0.416 e. The number of nitrogens with one attached hydrogen (secondary N) is 1. The molecule has 1 heterocycles. The van der Waals surface area contributed by atoms with Crippen LogP contribution >= 0.6 is 23.2 Å². The van der Waals surface area contributed by atoms with Gasteiger partial charge in [-0.2, -0.15) is 18.3 Å². The molecule has 1 aromatic heterocycles. The summed E-state index contributed by atoms with van der Waals surface area (Å²) in [6, 6.07) is 17.9. The maximum Gasteiger partial charge on any atom is 0.416 e. The predicted octanol–water partition coefficient (Wildman–Crippen LogP) is 6.77. The van der Waals surface area contributed by atoms with Crippen molar-refractivity contribution in [1.82, 2.24) is 9.99 Å². The molecule has 7 nitrogen and oxygen atoms in total. The van der Waals surface area contributed by atoms with Gasteiger partial charge >= 0.3 is 6.18 Å². The number of carbonyl (C=O) groups is 1. The first kappa shape index (κ1) is 30.2. The van der Waals surface area contributed by atoms with Gasteiger partial charge in [-0.3, -0.25) is 9.10 Å². The van der Waals surface area contributed by atoms with E-state index in [1.807, 2.05) is 18.4 Å². The van der Waals surface area contributed by atoms with Crippen molar-refractivity contribution in [2.45, 2.75) is 24.9 Å². The van der Waals surface area contributed by atoms with E-state index in [1.165, 1.54) is 36.5 Å². The van der Waals surface area contributed by atoms with Crippen LogP contribution in [-0.4, -0.2) is 31.7 Å². The number of halogens is 5. The van der Waals surface area contributed by atoms with E-state index in [9.17, 15) is 26.4 Å². The van der Waals surface area contributed by atoms with Gasteiger partial charge in [0.15, 0.2) is 0 Å². The summed E-state index contributed by atoms with van der Waals surface area (Å²) in [4.78, 5) is 12.7. The third-order valence-corrected chi connectivity index (χ3v) is 8.71. The summed E-state index contributed by atoms with van der Waals surface area (Å²) in [6.45, 7) is 2.84. The molecule has 0 aliphatic heterocycles. The number of anilines is 1. The lowest BCUT2D eigenvalue weighted by molar-refractivity contribution is -0.137. The Morgan fingerprint density at radius 3 is 2.37 bits per heavy atom. The Hall–Kier alpha value is -3.80. The number of aromatic nitrogens is 1. The van der Waals surface area contributed by atoms with Gasteiger partial charge < -0.3 is 4.57 Å². The minimum absolute atomic E-state index is 0.194. The Morgan fingerprint density at radius 2 is 1.68 bits per heavy atom. The first-order valence-corrected chi connectivity index (χ1v) is 14.2. The molecule has 0 saturated carbocycles. The highest BCUT2D eigenvalue weighted by molar-refractivity contribution is 7.92. The number of alkyl halides is 3. The fourth-order valence-electron chi connectivity index (χ4n) is 4.17. The van der Waals surface area contributed by atoms with Gasteiger partial charge in [-0.05, 0) is 62.4 Å². The average Bonchev–Trinajstić information content (AvgIpc) is 3.21. The fourth-order valence-corrected chi connectivity index (χ4v) is 5.98. The van der Waals surface area contributed by atoms with Crippen LogP contribution < -0.4 is 9.73 Å². The molecule has 0 radical (unpaired) electrons. The van der Waals surface area contributed by atoms with Gasteiger partial charge in [0.25, 0.3) is 15.9 Å². The standard InChI is InChI=1S/C28H23Cl2F3N4O3S/c1-18-14-20(19(2)37(18)25-13-7-12-24(29)27(25)30)16-34-35-26(38)17-36(41(39,40)23-10-4-3-5-11-23)22-9-6-8-21(15-22)28(31,32)33/h3-16H,17H2,1-2H3,(H,35,38)/b34-16-. The number of benzene rings is 3. The molecule has 0 unspecified atom stereocenters. The zero-order valence-electron chi connectivity index (χ0n) is 21.7. The normalized spacial score (nSPS) is 12.1. The number of hydrogen-bond acceptors (Lipinski definition) is 4. The van der Waals surface area contributed by atoms with E-state index in [0.717, 1.165) is 23.5 Å². The van der Waals surface area contributed by atoms with Gasteiger partial charge in [-0.1, -0.05) is 53.5 Å². The van der Waals surface area contributed by atoms with E-state index in [1.54, 1.807) is 30.3 Å². The smallest absolute Gasteiger partial charge is 0.316 e. The summed E-state index contributed by atoms with van der Waals surface area (Å²) in [5.41, 5.74) is 3.71. The maximum absolute atomic E-state index is 13.4. The van der Waals surface area contributed by atoms with E-state index >= 15 is 0 Å². The van der Waals surface area contributed by atoms with E-state index in [2.05, 4.69) is 10.5 Å². The van der Waals surface area contributed by atoms with Crippen LogP contribution in [0, 0.1) is 13.8 Å². The van der Waals surface area contributed by atoms with Crippen LogP contribution in [0.3, 0.4) is 0 Å². The average molecular weight is 623 g/mol. The summed E-state index contributed by atoms with van der Waals surface area (Å²) in [7, 11) is -4.41. The summed E-state index contributed by atoms with van der Waals surface area (Å²) in [5, 5.41) is 4.70. The molecule has 0 atom stereocenters. The zero-order chi connectivity index (χ0) is 29.9. The summed E-state index contributed by atoms with van der Waals surface area (Å²) in [5.74, 6) is -0.870. The van der Waals surface area contributed by atoms with Gasteiger partial charge in [-0.15, -0.1) is 0 Å². The van der Waals surface area contributed by atoms with Crippen molar-refractivity contribution < 1.29 is 26.4 Å². The lowest BCUT2D eigenvalue weighted by atomic mass is 10.2. The van der Waals surface area contributed by atoms with Gasteiger partial charge in [0, 0.05) is 17.0 Å². The Balaban J connectivity index is 1.60. The van der Waals surface area contributed by atoms with Crippen LogP contribution in [0.1, 0.15) is 22.5 Å². The molecule has 1 N–H and O–H groups in total. The minimum atomic E-state index is -4.72. The van der Waals surface area contributed by atoms with Crippen molar-refractivity contribution in [3.63, 3.8) is 0 Å². The predicted molar refractivity (Wildman–Crippen MR) is 153 cm³/mol. The number of nitrogens with zero attached hydrogens (tertiary/aromatic N) is 3. The number of amides is 1. The molecule has 4 aromatic rings. The Morgan fingerprint density at radius 1 is 1.00 bits per heavy atom. The number of aryl methyl sites for hydroxylation is 1. The number of rotatable bonds is 8. The van der Waals surface area contributed by atoms with Crippen molar-refractivity contribution in [2.75, 3.05) is 10.8 Å². The van der Waals surface area contributed by atoms with Crippen LogP contribution in [0.25, 0.3) is 5.69 Å². The highest BCUT2D eigenvalue weighted by atomic mass is 35.5. The highest BCUT2D eigenvalue weighted by Crippen LogP contribution is 2.34. The van der Waals surface area contributed by atoms with Crippen LogP contribution in [0.2, 0.25) is 10.0 Å². The van der Waals surface area contributed by atoms with Crippen LogP contribution in [0.15, 0.2) is 88.9 Å². The van der Waals surface area contributed by atoms with E-state index in [4.69, 9.17) is 23.2 Å². The highest BCUT2D eigenvalue weighted by Gasteiger charge is 2.33. The third-order valence-electron chi connectivity index (χ3n) is 6.12. The van der Waals surface area contributed by atoms with Crippen LogP contribution in [0.5, 0.6) is 0 Å². The molecular weight excluding hydrogens is 600 g/mol. The van der Waals surface area contributed by atoms with Crippen molar-refractivity contribution in [2.24, 2.45) is 5.10 Å². The SMILES string of the molecule is Cc1cc(/C=N\NC(=O)CN(c2cccc(C(F)(F)F)c2)S(=O)(=O)c2ccccc2)c(C)n1-c1cccc(Cl)c1Cl. The molecule has 0 spiro atoms. The lowest BCUT2D eigenvalue weighted by Crippen LogP contribution is -2.39. The first-order chi connectivity index (χ1) is 19.3. The number of carbonyl (C=O) groups excluding carboxylic acids is 1. The lowest BCUT2D eigenvalue weighted by Gasteiger charge is -2.24. The van der Waals surface area contributed by atoms with Crippen LogP contribution in [0.4, 0.5) is 18.9 Å². The van der Waals surface area contributed by atoms with Crippen molar-refractivity contribution in [3.8, 4) is 5.69 Å². The van der Waals surface area contributed by atoms with Gasteiger partial charge in [0.05, 0.1) is 38.1 Å². The number of hydrazone groups is 1.